The van der Waals surface area contributed by atoms with Crippen LogP contribution in [-0.2, 0) is 6.42 Å². The largest absolute Gasteiger partial charge is 0.573 e. The standard InChI is InChI=1S/C9H6F3NO/c10-9(11,12)14-8-3-1-7(2-4-8)5-6-13/h1-4H,5H2. The molecule has 0 atom stereocenters. The highest BCUT2D eigenvalue weighted by atomic mass is 19.4. The summed E-state index contributed by atoms with van der Waals surface area (Å²) in [6.07, 6.45) is -4.50. The quantitative estimate of drug-likeness (QED) is 0.736. The van der Waals surface area contributed by atoms with Crippen LogP contribution in [0.25, 0.3) is 0 Å². The van der Waals surface area contributed by atoms with Crippen LogP contribution in [0.4, 0.5) is 13.2 Å². The van der Waals surface area contributed by atoms with Gasteiger partial charge in [0.25, 0.3) is 0 Å². The summed E-state index contributed by atoms with van der Waals surface area (Å²) in [6.45, 7) is 0. The number of hydrogen-bond donors (Lipinski definition) is 0. The fourth-order valence-electron chi connectivity index (χ4n) is 0.900. The minimum atomic E-state index is -4.67. The van der Waals surface area contributed by atoms with Crippen LogP contribution in [0.15, 0.2) is 24.3 Å². The van der Waals surface area contributed by atoms with Crippen LogP contribution in [0.3, 0.4) is 0 Å². The van der Waals surface area contributed by atoms with Gasteiger partial charge in [-0.05, 0) is 17.7 Å². The summed E-state index contributed by atoms with van der Waals surface area (Å²) in [5.74, 6) is -0.279. The molecule has 0 saturated heterocycles. The molecule has 0 spiro atoms. The second kappa shape index (κ2) is 4.01. The zero-order valence-corrected chi connectivity index (χ0v) is 7.01. The lowest BCUT2D eigenvalue weighted by Crippen LogP contribution is -2.16. The van der Waals surface area contributed by atoms with Crippen molar-refractivity contribution in [2.24, 2.45) is 0 Å². The number of benzene rings is 1. The smallest absolute Gasteiger partial charge is 0.406 e. The van der Waals surface area contributed by atoms with E-state index in [1.54, 1.807) is 0 Å². The highest BCUT2D eigenvalue weighted by Crippen LogP contribution is 2.22. The fourth-order valence-corrected chi connectivity index (χ4v) is 0.900. The molecule has 74 valence electrons. The Hall–Kier alpha value is -1.70. The Labute approximate surface area is 78.5 Å². The van der Waals surface area contributed by atoms with Gasteiger partial charge in [0, 0.05) is 0 Å². The van der Waals surface area contributed by atoms with Gasteiger partial charge in [0.15, 0.2) is 0 Å². The summed E-state index contributed by atoms with van der Waals surface area (Å²) >= 11 is 0. The van der Waals surface area contributed by atoms with Gasteiger partial charge >= 0.3 is 6.36 Å². The number of alkyl halides is 3. The van der Waals surface area contributed by atoms with Gasteiger partial charge in [0.1, 0.15) is 5.75 Å². The molecular weight excluding hydrogens is 195 g/mol. The molecule has 1 aromatic carbocycles. The highest BCUT2D eigenvalue weighted by molar-refractivity contribution is 5.28. The maximum absolute atomic E-state index is 11.7. The molecule has 5 heteroatoms. The van der Waals surface area contributed by atoms with E-state index in [9.17, 15) is 13.2 Å². The van der Waals surface area contributed by atoms with Crippen LogP contribution in [0.1, 0.15) is 5.56 Å². The summed E-state index contributed by atoms with van der Waals surface area (Å²) in [5.41, 5.74) is 0.655. The lowest BCUT2D eigenvalue weighted by molar-refractivity contribution is -0.274. The molecule has 0 aliphatic carbocycles. The molecule has 0 saturated carbocycles. The third-order valence-electron chi connectivity index (χ3n) is 1.44. The Balaban J connectivity index is 2.70. The molecule has 0 bridgehead atoms. The third-order valence-corrected chi connectivity index (χ3v) is 1.44. The van der Waals surface area contributed by atoms with Gasteiger partial charge in [-0.3, -0.25) is 0 Å². The molecule has 0 radical (unpaired) electrons. The van der Waals surface area contributed by atoms with E-state index >= 15 is 0 Å². The van der Waals surface area contributed by atoms with Crippen molar-refractivity contribution in [2.75, 3.05) is 0 Å². The van der Waals surface area contributed by atoms with Gasteiger partial charge in [-0.2, -0.15) is 5.26 Å². The summed E-state index contributed by atoms with van der Waals surface area (Å²) in [4.78, 5) is 0. The number of halogens is 3. The predicted octanol–water partition coefficient (Wildman–Crippen LogP) is 2.65. The van der Waals surface area contributed by atoms with Gasteiger partial charge in [-0.1, -0.05) is 12.1 Å². The molecule has 0 aromatic heterocycles. The second-order valence-electron chi connectivity index (χ2n) is 2.53. The summed E-state index contributed by atoms with van der Waals surface area (Å²) in [6, 6.07) is 7.09. The van der Waals surface area contributed by atoms with E-state index in [4.69, 9.17) is 5.26 Å². The first-order valence-electron chi connectivity index (χ1n) is 3.73. The van der Waals surface area contributed by atoms with E-state index in [0.29, 0.717) is 5.56 Å². The Bertz CT molecular complexity index is 337. The van der Waals surface area contributed by atoms with Crippen molar-refractivity contribution in [3.8, 4) is 11.8 Å². The molecule has 0 heterocycles. The third kappa shape index (κ3) is 3.35. The highest BCUT2D eigenvalue weighted by Gasteiger charge is 2.30. The normalized spacial score (nSPS) is 10.7. The first-order valence-corrected chi connectivity index (χ1v) is 3.73. The van der Waals surface area contributed by atoms with E-state index in [1.165, 1.54) is 24.3 Å². The van der Waals surface area contributed by atoms with Crippen LogP contribution >= 0.6 is 0 Å². The van der Waals surface area contributed by atoms with Crippen LogP contribution in [0, 0.1) is 11.3 Å². The molecule has 1 rings (SSSR count). The van der Waals surface area contributed by atoms with Gasteiger partial charge < -0.3 is 4.74 Å². The molecule has 0 N–H and O–H groups in total. The molecule has 0 unspecified atom stereocenters. The van der Waals surface area contributed by atoms with Crippen molar-refractivity contribution in [1.29, 1.82) is 5.26 Å². The van der Waals surface area contributed by atoms with Gasteiger partial charge in [-0.25, -0.2) is 0 Å². The Morgan fingerprint density at radius 2 is 1.79 bits per heavy atom. The minimum absolute atomic E-state index is 0.173. The minimum Gasteiger partial charge on any atom is -0.406 e. The van der Waals surface area contributed by atoms with E-state index in [-0.39, 0.29) is 12.2 Å². The van der Waals surface area contributed by atoms with Crippen LogP contribution in [-0.4, -0.2) is 6.36 Å². The van der Waals surface area contributed by atoms with Crippen molar-refractivity contribution in [1.82, 2.24) is 0 Å². The maximum atomic E-state index is 11.7. The fraction of sp³-hybridized carbons (Fsp3) is 0.222. The molecule has 0 aliphatic heterocycles. The van der Waals surface area contributed by atoms with Crippen LogP contribution in [0.2, 0.25) is 0 Å². The lowest BCUT2D eigenvalue weighted by Gasteiger charge is -2.08. The summed E-state index contributed by atoms with van der Waals surface area (Å²) in [7, 11) is 0. The Morgan fingerprint density at radius 1 is 1.21 bits per heavy atom. The Kier molecular flexibility index (Phi) is 2.97. The van der Waals surface area contributed by atoms with Crippen molar-refractivity contribution in [2.45, 2.75) is 12.8 Å². The SMILES string of the molecule is N#CCc1ccc(OC(F)(F)F)cc1. The van der Waals surface area contributed by atoms with E-state index in [2.05, 4.69) is 4.74 Å². The molecule has 0 amide bonds. The number of nitriles is 1. The summed E-state index contributed by atoms with van der Waals surface area (Å²) in [5, 5.41) is 8.31. The Morgan fingerprint density at radius 3 is 2.21 bits per heavy atom. The van der Waals surface area contributed by atoms with Crippen LogP contribution < -0.4 is 4.74 Å². The second-order valence-corrected chi connectivity index (χ2v) is 2.53. The predicted molar refractivity (Wildman–Crippen MR) is 42.4 cm³/mol. The molecule has 0 fully saturated rings. The van der Waals surface area contributed by atoms with Crippen molar-refractivity contribution in [3.05, 3.63) is 29.8 Å². The van der Waals surface area contributed by atoms with Crippen molar-refractivity contribution >= 4 is 0 Å². The number of hydrogen-bond acceptors (Lipinski definition) is 2. The van der Waals surface area contributed by atoms with Crippen molar-refractivity contribution in [3.63, 3.8) is 0 Å². The first kappa shape index (κ1) is 10.4. The lowest BCUT2D eigenvalue weighted by atomic mass is 10.2. The van der Waals surface area contributed by atoms with E-state index in [1.807, 2.05) is 6.07 Å². The maximum Gasteiger partial charge on any atom is 0.573 e. The molecule has 1 aromatic rings. The number of nitrogens with zero attached hydrogens (tertiary/aromatic N) is 1. The number of rotatable bonds is 2. The average Bonchev–Trinajstić information content (AvgIpc) is 2.06. The van der Waals surface area contributed by atoms with Gasteiger partial charge in [0.05, 0.1) is 12.5 Å². The van der Waals surface area contributed by atoms with Gasteiger partial charge in [-0.15, -0.1) is 13.2 Å². The monoisotopic (exact) mass is 201 g/mol. The average molecular weight is 201 g/mol. The first-order chi connectivity index (χ1) is 6.51. The zero-order valence-electron chi connectivity index (χ0n) is 7.01. The summed E-state index contributed by atoms with van der Waals surface area (Å²) < 4.78 is 38.8. The van der Waals surface area contributed by atoms with Crippen LogP contribution in [0.5, 0.6) is 5.75 Å². The number of ether oxygens (including phenoxy) is 1. The van der Waals surface area contributed by atoms with Crippen molar-refractivity contribution < 1.29 is 17.9 Å². The van der Waals surface area contributed by atoms with E-state index in [0.717, 1.165) is 0 Å². The van der Waals surface area contributed by atoms with Gasteiger partial charge in [0.2, 0.25) is 0 Å². The topological polar surface area (TPSA) is 33.0 Å². The molecular formula is C9H6F3NO. The molecule has 2 nitrogen and oxygen atoms in total. The molecule has 14 heavy (non-hydrogen) atoms. The molecule has 0 aliphatic rings. The zero-order chi connectivity index (χ0) is 10.6. The van der Waals surface area contributed by atoms with E-state index < -0.39 is 6.36 Å².